The van der Waals surface area contributed by atoms with Gasteiger partial charge in [-0.25, -0.2) is 0 Å². The first-order chi connectivity index (χ1) is 11.5. The number of methoxy groups -OCH3 is 1. The fourth-order valence-electron chi connectivity index (χ4n) is 3.55. The van der Waals surface area contributed by atoms with Gasteiger partial charge in [-0.2, -0.15) is 0 Å². The highest BCUT2D eigenvalue weighted by atomic mass is 16.5. The van der Waals surface area contributed by atoms with Crippen LogP contribution in [0.5, 0.6) is 5.75 Å². The number of rotatable bonds is 6. The average Bonchev–Trinajstić information content (AvgIpc) is 3.36. The number of carbonyl (C=O) groups is 1. The summed E-state index contributed by atoms with van der Waals surface area (Å²) in [4.78, 5) is 14.7. The van der Waals surface area contributed by atoms with Crippen LogP contribution >= 0.6 is 0 Å². The normalized spacial score (nSPS) is 26.0. The van der Waals surface area contributed by atoms with Crippen LogP contribution in [0, 0.1) is 5.92 Å². The number of carbonyl (C=O) groups excluding carboxylic acids is 1. The van der Waals surface area contributed by atoms with Crippen molar-refractivity contribution in [3.05, 3.63) is 29.8 Å². The number of nitrogens with one attached hydrogen (secondary N) is 1. The minimum atomic E-state index is 0.101. The lowest BCUT2D eigenvalue weighted by molar-refractivity contribution is -0.126. The molecular formula is C19H28N2O3. The molecular weight excluding hydrogens is 304 g/mol. The zero-order valence-corrected chi connectivity index (χ0v) is 14.8. The Balaban J connectivity index is 1.59. The number of hydrogen-bond acceptors (Lipinski definition) is 4. The van der Waals surface area contributed by atoms with Gasteiger partial charge in [-0.1, -0.05) is 12.1 Å². The van der Waals surface area contributed by atoms with Gasteiger partial charge in [0.05, 0.1) is 31.9 Å². The van der Waals surface area contributed by atoms with Gasteiger partial charge in [0.2, 0.25) is 5.91 Å². The summed E-state index contributed by atoms with van der Waals surface area (Å²) in [5.74, 6) is 1.50. The first-order valence-corrected chi connectivity index (χ1v) is 8.86. The molecule has 132 valence electrons. The van der Waals surface area contributed by atoms with Gasteiger partial charge in [0.1, 0.15) is 5.75 Å². The van der Waals surface area contributed by atoms with Crippen molar-refractivity contribution >= 4 is 5.91 Å². The molecule has 1 N–H and O–H groups in total. The van der Waals surface area contributed by atoms with E-state index in [4.69, 9.17) is 9.47 Å². The van der Waals surface area contributed by atoms with Crippen molar-refractivity contribution in [2.75, 3.05) is 26.7 Å². The summed E-state index contributed by atoms with van der Waals surface area (Å²) in [6, 6.07) is 8.14. The highest BCUT2D eigenvalue weighted by Crippen LogP contribution is 2.41. The summed E-state index contributed by atoms with van der Waals surface area (Å²) in [5, 5.41) is 3.25. The lowest BCUT2D eigenvalue weighted by Crippen LogP contribution is -2.49. The van der Waals surface area contributed by atoms with Crippen LogP contribution in [0.25, 0.3) is 0 Å². The summed E-state index contributed by atoms with van der Waals surface area (Å²) in [7, 11) is 1.67. The van der Waals surface area contributed by atoms with Gasteiger partial charge in [0.15, 0.2) is 0 Å². The van der Waals surface area contributed by atoms with Crippen LogP contribution in [0.2, 0.25) is 0 Å². The van der Waals surface area contributed by atoms with E-state index in [1.54, 1.807) is 7.11 Å². The lowest BCUT2D eigenvalue weighted by atomic mass is 10.0. The van der Waals surface area contributed by atoms with Crippen molar-refractivity contribution < 1.29 is 14.3 Å². The molecule has 0 unspecified atom stereocenters. The molecule has 1 heterocycles. The molecule has 1 aromatic rings. The van der Waals surface area contributed by atoms with E-state index < -0.39 is 0 Å². The van der Waals surface area contributed by atoms with E-state index in [2.05, 4.69) is 36.2 Å². The van der Waals surface area contributed by atoms with Crippen LogP contribution in [-0.4, -0.2) is 49.8 Å². The molecule has 24 heavy (non-hydrogen) atoms. The highest BCUT2D eigenvalue weighted by Gasteiger charge is 2.34. The SMILES string of the molecule is COc1ccc([C@H](NC(=O)CN2C[C@H](C)O[C@@H](C)C2)C2CC2)cc1. The first kappa shape index (κ1) is 17.2. The zero-order valence-electron chi connectivity index (χ0n) is 14.8. The lowest BCUT2D eigenvalue weighted by Gasteiger charge is -2.35. The maximum absolute atomic E-state index is 12.5. The van der Waals surface area contributed by atoms with Crippen molar-refractivity contribution in [3.8, 4) is 5.75 Å². The summed E-state index contributed by atoms with van der Waals surface area (Å²) in [5.41, 5.74) is 1.16. The number of amides is 1. The molecule has 1 aromatic carbocycles. The van der Waals surface area contributed by atoms with Gasteiger partial charge in [0.25, 0.3) is 0 Å². The fraction of sp³-hybridized carbons (Fsp3) is 0.632. The van der Waals surface area contributed by atoms with Crippen molar-refractivity contribution in [2.24, 2.45) is 5.92 Å². The smallest absolute Gasteiger partial charge is 0.234 e. The number of benzene rings is 1. The van der Waals surface area contributed by atoms with E-state index in [9.17, 15) is 4.79 Å². The second kappa shape index (κ2) is 7.53. The molecule has 1 aliphatic heterocycles. The minimum Gasteiger partial charge on any atom is -0.497 e. The Kier molecular flexibility index (Phi) is 5.41. The van der Waals surface area contributed by atoms with E-state index in [1.807, 2.05) is 12.1 Å². The predicted molar refractivity (Wildman–Crippen MR) is 93.1 cm³/mol. The van der Waals surface area contributed by atoms with Crippen molar-refractivity contribution in [2.45, 2.75) is 44.9 Å². The third-order valence-electron chi connectivity index (χ3n) is 4.75. The third-order valence-corrected chi connectivity index (χ3v) is 4.75. The Bertz CT molecular complexity index is 546. The Labute approximate surface area is 144 Å². The number of ether oxygens (including phenoxy) is 2. The van der Waals surface area contributed by atoms with Crippen molar-refractivity contribution in [1.29, 1.82) is 0 Å². The second-order valence-corrected chi connectivity index (χ2v) is 7.11. The van der Waals surface area contributed by atoms with E-state index >= 15 is 0 Å². The molecule has 1 saturated carbocycles. The summed E-state index contributed by atoms with van der Waals surface area (Å²) in [6.45, 7) is 6.19. The molecule has 1 aliphatic carbocycles. The van der Waals surface area contributed by atoms with Gasteiger partial charge in [-0.05, 0) is 50.3 Å². The Morgan fingerprint density at radius 3 is 2.42 bits per heavy atom. The van der Waals surface area contributed by atoms with Gasteiger partial charge in [0, 0.05) is 13.1 Å². The standard InChI is InChI=1S/C19H28N2O3/c1-13-10-21(11-14(2)24-13)12-18(22)20-19(15-4-5-15)16-6-8-17(23-3)9-7-16/h6-9,13-15,19H,4-5,10-12H2,1-3H3,(H,20,22)/t13-,14-,19+/m0/s1. The topological polar surface area (TPSA) is 50.8 Å². The molecule has 0 aromatic heterocycles. The summed E-state index contributed by atoms with van der Waals surface area (Å²) in [6.07, 6.45) is 2.73. The maximum atomic E-state index is 12.5. The first-order valence-electron chi connectivity index (χ1n) is 8.86. The Morgan fingerprint density at radius 1 is 1.25 bits per heavy atom. The second-order valence-electron chi connectivity index (χ2n) is 7.11. The molecule has 5 nitrogen and oxygen atoms in total. The number of nitrogens with zero attached hydrogens (tertiary/aromatic N) is 1. The van der Waals surface area contributed by atoms with Gasteiger partial charge in [-0.15, -0.1) is 0 Å². The Hall–Kier alpha value is -1.59. The molecule has 1 amide bonds. The largest absolute Gasteiger partial charge is 0.497 e. The quantitative estimate of drug-likeness (QED) is 0.869. The molecule has 1 saturated heterocycles. The van der Waals surface area contributed by atoms with Crippen LogP contribution in [0.4, 0.5) is 0 Å². The molecule has 0 spiro atoms. The maximum Gasteiger partial charge on any atom is 0.234 e. The average molecular weight is 332 g/mol. The van der Waals surface area contributed by atoms with Crippen molar-refractivity contribution in [3.63, 3.8) is 0 Å². The molecule has 0 radical (unpaired) electrons. The van der Waals surface area contributed by atoms with E-state index in [0.29, 0.717) is 12.5 Å². The Morgan fingerprint density at radius 2 is 1.88 bits per heavy atom. The number of hydrogen-bond donors (Lipinski definition) is 1. The van der Waals surface area contributed by atoms with E-state index in [1.165, 1.54) is 12.8 Å². The molecule has 2 fully saturated rings. The molecule has 3 rings (SSSR count). The summed E-state index contributed by atoms with van der Waals surface area (Å²) < 4.78 is 11.0. The monoisotopic (exact) mass is 332 g/mol. The summed E-state index contributed by atoms with van der Waals surface area (Å²) >= 11 is 0. The van der Waals surface area contributed by atoms with Crippen LogP contribution in [0.15, 0.2) is 24.3 Å². The van der Waals surface area contributed by atoms with Gasteiger partial charge >= 0.3 is 0 Å². The van der Waals surface area contributed by atoms with Crippen molar-refractivity contribution in [1.82, 2.24) is 10.2 Å². The predicted octanol–water partition coefficient (Wildman–Crippen LogP) is 2.37. The minimum absolute atomic E-state index is 0.101. The molecule has 0 bridgehead atoms. The van der Waals surface area contributed by atoms with Crippen LogP contribution in [0.3, 0.4) is 0 Å². The van der Waals surface area contributed by atoms with E-state index in [0.717, 1.165) is 24.4 Å². The highest BCUT2D eigenvalue weighted by molar-refractivity contribution is 5.78. The van der Waals surface area contributed by atoms with Gasteiger partial charge < -0.3 is 14.8 Å². The van der Waals surface area contributed by atoms with Gasteiger partial charge in [-0.3, -0.25) is 9.69 Å². The molecule has 2 aliphatic rings. The van der Waals surface area contributed by atoms with Crippen LogP contribution in [0.1, 0.15) is 38.3 Å². The third kappa shape index (κ3) is 4.48. The molecule has 3 atom stereocenters. The van der Waals surface area contributed by atoms with Crippen LogP contribution < -0.4 is 10.1 Å². The molecule has 5 heteroatoms. The zero-order chi connectivity index (χ0) is 17.1. The number of morpholine rings is 1. The fourth-order valence-corrected chi connectivity index (χ4v) is 3.55. The van der Waals surface area contributed by atoms with E-state index in [-0.39, 0.29) is 24.2 Å². The van der Waals surface area contributed by atoms with Crippen LogP contribution in [-0.2, 0) is 9.53 Å².